The van der Waals surface area contributed by atoms with Crippen molar-refractivity contribution in [3.8, 4) is 0 Å². The molecule has 0 spiro atoms. The number of carbonyl (C=O) groups excluding carboxylic acids is 4. The Morgan fingerprint density at radius 1 is 1.08 bits per heavy atom. The van der Waals surface area contributed by atoms with Gasteiger partial charge in [-0.15, -0.1) is 0 Å². The maximum atomic E-state index is 13.5. The van der Waals surface area contributed by atoms with Crippen molar-refractivity contribution in [2.24, 2.45) is 47.3 Å². The predicted molar refractivity (Wildman–Crippen MR) is 136 cm³/mol. The van der Waals surface area contributed by atoms with Crippen LogP contribution in [0.1, 0.15) is 52.4 Å². The van der Waals surface area contributed by atoms with Crippen molar-refractivity contribution in [3.63, 3.8) is 0 Å². The minimum Gasteiger partial charge on any atom is -0.507 e. The molecule has 4 N–H and O–H groups in total. The fraction of sp³-hybridized carbons (Fsp3) is 0.655. The summed E-state index contributed by atoms with van der Waals surface area (Å²) in [5.41, 5.74) is -0.372. The number of rotatable bonds is 1. The van der Waals surface area contributed by atoms with E-state index in [-0.39, 0.29) is 53.9 Å². The molecule has 10 atom stereocenters. The molecule has 37 heavy (non-hydrogen) atoms. The zero-order chi connectivity index (χ0) is 26.4. The van der Waals surface area contributed by atoms with Crippen LogP contribution in [0.15, 0.2) is 35.6 Å². The van der Waals surface area contributed by atoms with E-state index >= 15 is 0 Å². The molecule has 200 valence electrons. The van der Waals surface area contributed by atoms with Crippen molar-refractivity contribution in [1.29, 1.82) is 0 Å². The minimum atomic E-state index is -1.20. The third-order valence-corrected chi connectivity index (χ3v) is 9.99. The van der Waals surface area contributed by atoms with E-state index in [1.165, 1.54) is 18.6 Å². The molecule has 3 unspecified atom stereocenters. The highest BCUT2D eigenvalue weighted by molar-refractivity contribution is 6.27. The predicted octanol–water partition coefficient (Wildman–Crippen LogP) is 2.39. The third kappa shape index (κ3) is 4.58. The molecular formula is C29H38N2O6. The van der Waals surface area contributed by atoms with Gasteiger partial charge in [0.05, 0.1) is 6.10 Å². The highest BCUT2D eigenvalue weighted by atomic mass is 16.3. The molecule has 0 radical (unpaired) electrons. The number of nitrogens with one attached hydrogen (secondary N) is 2. The summed E-state index contributed by atoms with van der Waals surface area (Å²) >= 11 is 0. The lowest BCUT2D eigenvalue weighted by Crippen LogP contribution is -2.42. The summed E-state index contributed by atoms with van der Waals surface area (Å²) < 4.78 is 0. The molecule has 8 nitrogen and oxygen atoms in total. The molecule has 4 fully saturated rings. The van der Waals surface area contributed by atoms with Crippen LogP contribution >= 0.6 is 0 Å². The number of hydrogen-bond acceptors (Lipinski definition) is 6. The smallest absolute Gasteiger partial charge is 0.259 e. The van der Waals surface area contributed by atoms with E-state index in [1.54, 1.807) is 6.08 Å². The number of amides is 2. The Kier molecular flexibility index (Phi) is 7.14. The fourth-order valence-corrected chi connectivity index (χ4v) is 8.25. The Bertz CT molecular complexity index is 1080. The second-order valence-electron chi connectivity index (χ2n) is 11.7. The van der Waals surface area contributed by atoms with E-state index in [2.05, 4.69) is 24.5 Å². The summed E-state index contributed by atoms with van der Waals surface area (Å²) in [6, 6.07) is -1.17. The van der Waals surface area contributed by atoms with E-state index in [0.29, 0.717) is 36.5 Å². The number of allylic oxidation sites excluding steroid dienone is 3. The van der Waals surface area contributed by atoms with E-state index in [4.69, 9.17) is 0 Å². The van der Waals surface area contributed by atoms with Crippen molar-refractivity contribution >= 4 is 23.4 Å². The SMILES string of the molecule is CC[C@H]1C[C@@H]2C[C@@H]3[C@@H]4C/C=C\C(=O)NCCC(O)C5NC(=O)/C(=C(O)/C=C/[C@H]4CC(=O)[C@@H]3C2[C@H]1C)C5=O. The van der Waals surface area contributed by atoms with Crippen LogP contribution in [0.5, 0.6) is 0 Å². The summed E-state index contributed by atoms with van der Waals surface area (Å²) in [6.45, 7) is 4.68. The van der Waals surface area contributed by atoms with Gasteiger partial charge in [-0.1, -0.05) is 32.4 Å². The van der Waals surface area contributed by atoms with Gasteiger partial charge in [0.15, 0.2) is 5.78 Å². The van der Waals surface area contributed by atoms with E-state index in [1.807, 2.05) is 6.08 Å². The Morgan fingerprint density at radius 2 is 1.86 bits per heavy atom. The Balaban J connectivity index is 1.47. The highest BCUT2D eigenvalue weighted by Crippen LogP contribution is 2.61. The first-order valence-corrected chi connectivity index (χ1v) is 13.8. The number of aliphatic hydroxyl groups excluding tert-OH is 2. The van der Waals surface area contributed by atoms with Crippen molar-refractivity contribution < 1.29 is 29.4 Å². The maximum absolute atomic E-state index is 13.5. The molecule has 0 aromatic carbocycles. The summed E-state index contributed by atoms with van der Waals surface area (Å²) in [5.74, 6) is 0.507. The Morgan fingerprint density at radius 3 is 2.62 bits per heavy atom. The molecule has 5 aliphatic rings. The summed E-state index contributed by atoms with van der Waals surface area (Å²) in [4.78, 5) is 51.2. The first-order chi connectivity index (χ1) is 17.7. The van der Waals surface area contributed by atoms with Crippen LogP contribution < -0.4 is 10.6 Å². The molecule has 3 saturated carbocycles. The number of aliphatic hydroxyl groups is 2. The molecule has 5 rings (SSSR count). The van der Waals surface area contributed by atoms with Crippen LogP contribution in [-0.4, -0.2) is 52.3 Å². The van der Waals surface area contributed by atoms with E-state index in [0.717, 1.165) is 12.8 Å². The average molecular weight is 511 g/mol. The normalized spacial score (nSPS) is 46.0. The lowest BCUT2D eigenvalue weighted by Gasteiger charge is -2.40. The molecular weight excluding hydrogens is 472 g/mol. The third-order valence-electron chi connectivity index (χ3n) is 9.99. The second-order valence-corrected chi connectivity index (χ2v) is 11.7. The van der Waals surface area contributed by atoms with Gasteiger partial charge < -0.3 is 20.8 Å². The van der Waals surface area contributed by atoms with Crippen molar-refractivity contribution in [3.05, 3.63) is 35.6 Å². The summed E-state index contributed by atoms with van der Waals surface area (Å²) in [7, 11) is 0. The van der Waals surface area contributed by atoms with Crippen LogP contribution in [0, 0.1) is 47.3 Å². The monoisotopic (exact) mass is 510 g/mol. The van der Waals surface area contributed by atoms with Crippen LogP contribution in [0.3, 0.4) is 0 Å². The van der Waals surface area contributed by atoms with Crippen LogP contribution in [0.2, 0.25) is 0 Å². The van der Waals surface area contributed by atoms with Crippen molar-refractivity contribution in [2.45, 2.75) is 64.5 Å². The molecule has 2 heterocycles. The topological polar surface area (TPSA) is 133 Å². The summed E-state index contributed by atoms with van der Waals surface area (Å²) in [6.07, 6.45) is 9.70. The zero-order valence-electron chi connectivity index (χ0n) is 21.6. The largest absolute Gasteiger partial charge is 0.507 e. The highest BCUT2D eigenvalue weighted by Gasteiger charge is 2.58. The van der Waals surface area contributed by atoms with Gasteiger partial charge in [-0.3, -0.25) is 19.2 Å². The Hall–Kier alpha value is -2.74. The van der Waals surface area contributed by atoms with Gasteiger partial charge in [0.2, 0.25) is 5.91 Å². The lowest BCUT2D eigenvalue weighted by molar-refractivity contribution is -0.131. The van der Waals surface area contributed by atoms with Gasteiger partial charge in [0.25, 0.3) is 5.91 Å². The van der Waals surface area contributed by atoms with Gasteiger partial charge in [-0.2, -0.15) is 0 Å². The van der Waals surface area contributed by atoms with E-state index < -0.39 is 29.6 Å². The molecule has 2 bridgehead atoms. The molecule has 1 saturated heterocycles. The molecule has 8 heteroatoms. The van der Waals surface area contributed by atoms with Gasteiger partial charge >= 0.3 is 0 Å². The number of carbonyl (C=O) groups is 4. The molecule has 0 aromatic heterocycles. The number of fused-ring (bicyclic) bond motifs is 7. The van der Waals surface area contributed by atoms with Crippen LogP contribution in [0.25, 0.3) is 0 Å². The Labute approximate surface area is 217 Å². The molecule has 2 aliphatic heterocycles. The molecule has 2 amide bonds. The van der Waals surface area contributed by atoms with Crippen LogP contribution in [-0.2, 0) is 19.2 Å². The first kappa shape index (κ1) is 25.9. The molecule has 0 aromatic rings. The van der Waals surface area contributed by atoms with Gasteiger partial charge in [0, 0.05) is 18.9 Å². The van der Waals surface area contributed by atoms with Crippen molar-refractivity contribution in [2.75, 3.05) is 6.54 Å². The second kappa shape index (κ2) is 10.2. The number of hydrogen-bond donors (Lipinski definition) is 4. The number of ketones is 2. The van der Waals surface area contributed by atoms with Gasteiger partial charge in [-0.05, 0) is 79.3 Å². The van der Waals surface area contributed by atoms with Crippen LogP contribution in [0.4, 0.5) is 0 Å². The summed E-state index contributed by atoms with van der Waals surface area (Å²) in [5, 5.41) is 26.3. The standard InChI is InChI=1S/C29H38N2O6/c1-3-15-11-17-12-19-18-5-4-6-23(35)30-10-9-21(33)27-28(36)26(29(37)31-27)20(32)8-7-16(18)13-22(34)25(19)24(17)14(15)2/h4,6-8,14-19,21,24-25,27,32-33H,3,5,9-13H2,1-2H3,(H,30,35)(H,31,37)/b6-4-,8-7+,26-20-/t14-,15-,16-,17+,18+,19+,21?,24?,25+,27?/m0/s1. The first-order valence-electron chi connectivity index (χ1n) is 13.8. The minimum absolute atomic E-state index is 0.0374. The number of Topliss-reactive ketones (excluding diaryl/α,β-unsaturated/α-hetero) is 2. The van der Waals surface area contributed by atoms with E-state index in [9.17, 15) is 29.4 Å². The zero-order valence-corrected chi connectivity index (χ0v) is 21.6. The quantitative estimate of drug-likeness (QED) is 0.401. The van der Waals surface area contributed by atoms with Gasteiger partial charge in [-0.25, -0.2) is 0 Å². The fourth-order valence-electron chi connectivity index (χ4n) is 8.25. The maximum Gasteiger partial charge on any atom is 0.259 e. The van der Waals surface area contributed by atoms with Gasteiger partial charge in [0.1, 0.15) is 23.2 Å². The van der Waals surface area contributed by atoms with Crippen molar-refractivity contribution in [1.82, 2.24) is 10.6 Å². The average Bonchev–Trinajstić information content (AvgIpc) is 3.48. The lowest BCUT2D eigenvalue weighted by atomic mass is 9.63. The molecule has 3 aliphatic carbocycles.